The van der Waals surface area contributed by atoms with Crippen LogP contribution in [-0.4, -0.2) is 66.5 Å². The average Bonchev–Trinajstić information content (AvgIpc) is 3.28. The van der Waals surface area contributed by atoms with Crippen LogP contribution in [0.3, 0.4) is 0 Å². The Bertz CT molecular complexity index is 1180. The fraction of sp³-hybridized carbons (Fsp3) is 0.865. The van der Waals surface area contributed by atoms with Crippen LogP contribution in [0.25, 0.3) is 0 Å². The van der Waals surface area contributed by atoms with Crippen LogP contribution in [0.15, 0.2) is 24.3 Å². The van der Waals surface area contributed by atoms with Crippen molar-refractivity contribution in [1.29, 1.82) is 0 Å². The predicted molar refractivity (Wildman–Crippen MR) is 261 cm³/mol. The molecule has 0 aromatic rings. The highest BCUT2D eigenvalue weighted by Crippen LogP contribution is 2.43. The second-order valence-corrected chi connectivity index (χ2v) is 19.2. The van der Waals surface area contributed by atoms with Crippen LogP contribution >= 0.6 is 7.82 Å². The van der Waals surface area contributed by atoms with E-state index in [0.29, 0.717) is 19.3 Å². The zero-order chi connectivity index (χ0) is 47.0. The van der Waals surface area contributed by atoms with Gasteiger partial charge in [-0.25, -0.2) is 4.57 Å². The zero-order valence-corrected chi connectivity index (χ0v) is 42.2. The normalized spacial score (nSPS) is 13.6. The van der Waals surface area contributed by atoms with Crippen molar-refractivity contribution in [2.24, 2.45) is 0 Å². The van der Waals surface area contributed by atoms with Gasteiger partial charge in [-0.2, -0.15) is 0 Å². The fourth-order valence-electron chi connectivity index (χ4n) is 7.33. The van der Waals surface area contributed by atoms with E-state index in [1.807, 2.05) is 0 Å². The van der Waals surface area contributed by atoms with Crippen LogP contribution in [0.2, 0.25) is 0 Å². The lowest BCUT2D eigenvalue weighted by molar-refractivity contribution is -0.161. The Morgan fingerprint density at radius 3 is 1.19 bits per heavy atom. The number of phosphoric ester groups is 1. The van der Waals surface area contributed by atoms with Gasteiger partial charge in [-0.05, 0) is 51.4 Å². The molecular weight excluding hydrogens is 832 g/mol. The molecule has 12 heteroatoms. The molecule has 0 aromatic heterocycles. The van der Waals surface area contributed by atoms with E-state index < -0.39 is 57.8 Å². The van der Waals surface area contributed by atoms with Crippen LogP contribution in [0.4, 0.5) is 0 Å². The number of hydrogen-bond acceptors (Lipinski definition) is 10. The number of aliphatic hydroxyl groups excluding tert-OH is 1. The van der Waals surface area contributed by atoms with Gasteiger partial charge in [0.25, 0.3) is 0 Å². The number of allylic oxidation sites excluding steroid dienone is 4. The van der Waals surface area contributed by atoms with Crippen LogP contribution < -0.4 is 0 Å². The van der Waals surface area contributed by atoms with Crippen molar-refractivity contribution in [3.8, 4) is 0 Å². The Labute approximate surface area is 391 Å². The number of hydrogen-bond donors (Lipinski definition) is 2. The van der Waals surface area contributed by atoms with E-state index in [4.69, 9.17) is 23.3 Å². The SMILES string of the molecule is CCCCC/C=C\C/C=C\CCCCCCCC(=O)OC(COC(=O)CCCCCCCCCCCCC)COP(=O)(O)OCC(CO)OC(=O)CCCCCCCCCCCCC. The van der Waals surface area contributed by atoms with Crippen LogP contribution in [0.5, 0.6) is 0 Å². The van der Waals surface area contributed by atoms with E-state index >= 15 is 0 Å². The number of phosphoric acid groups is 1. The van der Waals surface area contributed by atoms with Crippen molar-refractivity contribution in [2.45, 2.75) is 264 Å². The van der Waals surface area contributed by atoms with Gasteiger partial charge in [0.1, 0.15) is 12.7 Å². The number of rotatable bonds is 49. The van der Waals surface area contributed by atoms with Gasteiger partial charge in [-0.3, -0.25) is 23.4 Å². The first-order valence-electron chi connectivity index (χ1n) is 26.2. The summed E-state index contributed by atoms with van der Waals surface area (Å²) in [5, 5.41) is 9.75. The van der Waals surface area contributed by atoms with E-state index in [1.54, 1.807) is 0 Å². The number of unbranched alkanes of at least 4 members (excludes halogenated alkanes) is 28. The van der Waals surface area contributed by atoms with E-state index in [9.17, 15) is 28.9 Å². The summed E-state index contributed by atoms with van der Waals surface area (Å²) in [4.78, 5) is 48.2. The summed E-state index contributed by atoms with van der Waals surface area (Å²) in [6, 6.07) is 0. The largest absolute Gasteiger partial charge is 0.472 e. The van der Waals surface area contributed by atoms with Gasteiger partial charge in [-0.15, -0.1) is 0 Å². The van der Waals surface area contributed by atoms with Gasteiger partial charge < -0.3 is 24.2 Å². The Morgan fingerprint density at radius 2 is 0.766 bits per heavy atom. The number of aliphatic hydroxyl groups is 1. The number of esters is 3. The third-order valence-electron chi connectivity index (χ3n) is 11.4. The highest BCUT2D eigenvalue weighted by atomic mass is 31.2. The average molecular weight is 929 g/mol. The van der Waals surface area contributed by atoms with Crippen molar-refractivity contribution in [2.75, 3.05) is 26.4 Å². The molecule has 0 fully saturated rings. The summed E-state index contributed by atoms with van der Waals surface area (Å²) >= 11 is 0. The molecule has 0 bridgehead atoms. The molecule has 3 atom stereocenters. The van der Waals surface area contributed by atoms with E-state index in [2.05, 4.69) is 45.1 Å². The summed E-state index contributed by atoms with van der Waals surface area (Å²) in [5.41, 5.74) is 0. The molecule has 0 aliphatic rings. The third kappa shape index (κ3) is 45.1. The molecule has 0 radical (unpaired) electrons. The quantitative estimate of drug-likeness (QED) is 0.0197. The van der Waals surface area contributed by atoms with E-state index in [0.717, 1.165) is 83.5 Å². The van der Waals surface area contributed by atoms with Gasteiger partial charge in [0.2, 0.25) is 0 Å². The molecule has 0 aliphatic heterocycles. The van der Waals surface area contributed by atoms with E-state index in [1.165, 1.54) is 109 Å². The summed E-state index contributed by atoms with van der Waals surface area (Å²) in [6.07, 6.45) is 44.3. The predicted octanol–water partition coefficient (Wildman–Crippen LogP) is 14.7. The summed E-state index contributed by atoms with van der Waals surface area (Å²) in [5.74, 6) is -1.47. The molecular formula is C52H97O11P. The van der Waals surface area contributed by atoms with Gasteiger partial charge in [0.15, 0.2) is 6.10 Å². The van der Waals surface area contributed by atoms with Crippen LogP contribution in [0.1, 0.15) is 252 Å². The Hall–Kier alpha value is -2.04. The molecule has 0 amide bonds. The summed E-state index contributed by atoms with van der Waals surface area (Å²) in [7, 11) is -4.73. The summed E-state index contributed by atoms with van der Waals surface area (Å²) < 4.78 is 39.3. The molecule has 0 saturated carbocycles. The molecule has 0 heterocycles. The lowest BCUT2D eigenvalue weighted by atomic mass is 10.1. The topological polar surface area (TPSA) is 155 Å². The van der Waals surface area contributed by atoms with Crippen molar-refractivity contribution >= 4 is 25.7 Å². The zero-order valence-electron chi connectivity index (χ0n) is 41.3. The minimum Gasteiger partial charge on any atom is -0.462 e. The molecule has 3 unspecified atom stereocenters. The summed E-state index contributed by atoms with van der Waals surface area (Å²) in [6.45, 7) is 4.60. The molecule has 0 aromatic carbocycles. The van der Waals surface area contributed by atoms with Crippen molar-refractivity contribution < 1.29 is 52.2 Å². The third-order valence-corrected chi connectivity index (χ3v) is 12.3. The maximum atomic E-state index is 12.8. The molecule has 376 valence electrons. The Balaban J connectivity index is 4.73. The standard InChI is InChI=1S/C52H97O11P/c1-4-7-10-13-16-19-22-23-24-25-28-31-34-37-40-43-52(56)63-49(45-59-50(54)41-38-35-32-29-26-20-17-14-11-8-5-2)47-61-64(57,58)60-46-48(44-53)62-51(55)42-39-36-33-30-27-21-18-15-12-9-6-3/h16,19,23-24,48-49,53H,4-15,17-18,20-22,25-47H2,1-3H3,(H,57,58)/b19-16-,24-23-. The van der Waals surface area contributed by atoms with E-state index in [-0.39, 0.29) is 25.9 Å². The second-order valence-electron chi connectivity index (χ2n) is 17.7. The maximum Gasteiger partial charge on any atom is 0.472 e. The number of carbonyl (C=O) groups is 3. The maximum absolute atomic E-state index is 12.8. The Morgan fingerprint density at radius 1 is 0.438 bits per heavy atom. The first kappa shape index (κ1) is 62.0. The van der Waals surface area contributed by atoms with Crippen molar-refractivity contribution in [3.05, 3.63) is 24.3 Å². The first-order chi connectivity index (χ1) is 31.2. The minimum absolute atomic E-state index is 0.156. The number of ether oxygens (including phenoxy) is 3. The smallest absolute Gasteiger partial charge is 0.462 e. The number of carbonyl (C=O) groups excluding carboxylic acids is 3. The van der Waals surface area contributed by atoms with Gasteiger partial charge >= 0.3 is 25.7 Å². The fourth-order valence-corrected chi connectivity index (χ4v) is 8.11. The van der Waals surface area contributed by atoms with Crippen molar-refractivity contribution in [1.82, 2.24) is 0 Å². The van der Waals surface area contributed by atoms with Crippen LogP contribution in [-0.2, 0) is 42.2 Å². The van der Waals surface area contributed by atoms with Crippen LogP contribution in [0, 0.1) is 0 Å². The minimum atomic E-state index is -4.73. The Kier molecular flexibility index (Phi) is 45.9. The molecule has 0 aliphatic carbocycles. The molecule has 0 saturated heterocycles. The van der Waals surface area contributed by atoms with Gasteiger partial charge in [0.05, 0.1) is 19.8 Å². The highest BCUT2D eigenvalue weighted by molar-refractivity contribution is 7.47. The highest BCUT2D eigenvalue weighted by Gasteiger charge is 2.28. The van der Waals surface area contributed by atoms with Gasteiger partial charge in [0, 0.05) is 19.3 Å². The molecule has 2 N–H and O–H groups in total. The second kappa shape index (κ2) is 47.5. The molecule has 64 heavy (non-hydrogen) atoms. The first-order valence-corrected chi connectivity index (χ1v) is 27.7. The lowest BCUT2D eigenvalue weighted by Crippen LogP contribution is -2.30. The molecule has 11 nitrogen and oxygen atoms in total. The van der Waals surface area contributed by atoms with Crippen molar-refractivity contribution in [3.63, 3.8) is 0 Å². The molecule has 0 spiro atoms. The monoisotopic (exact) mass is 929 g/mol. The molecule has 0 rings (SSSR count). The van der Waals surface area contributed by atoms with Gasteiger partial charge in [-0.1, -0.05) is 206 Å². The lowest BCUT2D eigenvalue weighted by Gasteiger charge is -2.21.